The predicted octanol–water partition coefficient (Wildman–Crippen LogP) is 4.10. The number of piperidine rings is 1. The largest absolute Gasteiger partial charge is 0.370 e. The summed E-state index contributed by atoms with van der Waals surface area (Å²) < 4.78 is 1.14. The van der Waals surface area contributed by atoms with E-state index in [2.05, 4.69) is 22.0 Å². The van der Waals surface area contributed by atoms with Crippen molar-refractivity contribution in [1.82, 2.24) is 14.8 Å². The standard InChI is InChI=1S/C24H24N4OS/c1-16-26-22-8-5-18(13-23(22)30-16)17-3-2-4-20-6-7-21(15-28(20)24(29)14-17)27-11-9-19(25)10-12-27/h2-8,13-15,19H,9-12,25H2,1H3/b3-2?,17-14?,20-4+. The molecule has 0 radical (unpaired) electrons. The first-order valence-corrected chi connectivity index (χ1v) is 11.1. The number of nitrogens with two attached hydrogens (primary N) is 1. The number of carbonyl (C=O) groups is 1. The number of hydrogen-bond donors (Lipinski definition) is 1. The molecule has 0 aliphatic carbocycles. The number of amides is 1. The Kier molecular flexibility index (Phi) is 4.89. The molecule has 5 rings (SSSR count). The lowest BCUT2D eigenvalue weighted by Crippen LogP contribution is -2.40. The molecule has 152 valence electrons. The van der Waals surface area contributed by atoms with Crippen LogP contribution in [-0.2, 0) is 4.79 Å². The third-order valence-corrected chi connectivity index (χ3v) is 6.69. The second-order valence-electron chi connectivity index (χ2n) is 7.89. The minimum atomic E-state index is -0.0447. The first-order valence-electron chi connectivity index (χ1n) is 10.3. The average molecular weight is 417 g/mol. The lowest BCUT2D eigenvalue weighted by Gasteiger charge is -2.35. The predicted molar refractivity (Wildman–Crippen MR) is 122 cm³/mol. The van der Waals surface area contributed by atoms with Gasteiger partial charge in [-0.15, -0.1) is 11.3 Å². The molecule has 30 heavy (non-hydrogen) atoms. The van der Waals surface area contributed by atoms with Crippen LogP contribution in [0, 0.1) is 6.92 Å². The summed E-state index contributed by atoms with van der Waals surface area (Å²) in [4.78, 5) is 21.8. The zero-order valence-corrected chi connectivity index (χ0v) is 17.7. The molecular formula is C24H24N4OS. The maximum Gasteiger partial charge on any atom is 0.255 e. The van der Waals surface area contributed by atoms with Crippen LogP contribution in [0.1, 0.15) is 23.4 Å². The monoisotopic (exact) mass is 416 g/mol. The molecular weight excluding hydrogens is 392 g/mol. The van der Waals surface area contributed by atoms with Crippen molar-refractivity contribution in [3.63, 3.8) is 0 Å². The van der Waals surface area contributed by atoms with Gasteiger partial charge in [-0.1, -0.05) is 18.2 Å². The number of rotatable bonds is 2. The van der Waals surface area contributed by atoms with Crippen LogP contribution >= 0.6 is 11.3 Å². The maximum atomic E-state index is 13.2. The zero-order chi connectivity index (χ0) is 20.7. The lowest BCUT2D eigenvalue weighted by molar-refractivity contribution is -0.122. The van der Waals surface area contributed by atoms with Crippen molar-refractivity contribution in [3.05, 3.63) is 82.8 Å². The minimum absolute atomic E-state index is 0.0447. The second kappa shape index (κ2) is 7.70. The van der Waals surface area contributed by atoms with Crippen molar-refractivity contribution in [1.29, 1.82) is 0 Å². The van der Waals surface area contributed by atoms with Crippen molar-refractivity contribution in [3.8, 4) is 0 Å². The number of hydrogen-bond acceptors (Lipinski definition) is 5. The summed E-state index contributed by atoms with van der Waals surface area (Å²) in [5.74, 6) is -0.0447. The molecule has 0 spiro atoms. The Morgan fingerprint density at radius 2 is 1.93 bits per heavy atom. The van der Waals surface area contributed by atoms with Gasteiger partial charge in [0.05, 0.1) is 20.9 Å². The molecule has 0 saturated carbocycles. The van der Waals surface area contributed by atoms with E-state index in [4.69, 9.17) is 5.73 Å². The number of carbonyl (C=O) groups excluding carboxylic acids is 1. The topological polar surface area (TPSA) is 62.5 Å². The van der Waals surface area contributed by atoms with E-state index >= 15 is 0 Å². The van der Waals surface area contributed by atoms with Gasteiger partial charge in [0.25, 0.3) is 5.91 Å². The van der Waals surface area contributed by atoms with Gasteiger partial charge in [0.2, 0.25) is 0 Å². The number of aromatic nitrogens is 1. The van der Waals surface area contributed by atoms with Crippen molar-refractivity contribution in [2.24, 2.45) is 5.73 Å². The summed E-state index contributed by atoms with van der Waals surface area (Å²) in [7, 11) is 0. The molecule has 2 aromatic rings. The maximum absolute atomic E-state index is 13.2. The molecule has 4 heterocycles. The molecule has 3 aliphatic heterocycles. The highest BCUT2D eigenvalue weighted by atomic mass is 32.1. The normalized spacial score (nSPS) is 21.7. The molecule has 1 saturated heterocycles. The van der Waals surface area contributed by atoms with Crippen LogP contribution in [0.25, 0.3) is 15.8 Å². The summed E-state index contributed by atoms with van der Waals surface area (Å²) in [5, 5.41) is 1.05. The Labute approximate surface area is 180 Å². The smallest absolute Gasteiger partial charge is 0.255 e. The Balaban J connectivity index is 1.46. The fourth-order valence-corrected chi connectivity index (χ4v) is 4.94. The van der Waals surface area contributed by atoms with E-state index in [1.807, 2.05) is 49.6 Å². The summed E-state index contributed by atoms with van der Waals surface area (Å²) in [6.07, 6.45) is 15.7. The van der Waals surface area contributed by atoms with E-state index in [0.29, 0.717) is 0 Å². The number of nitrogens with zero attached hydrogens (tertiary/aromatic N) is 3. The molecule has 1 aromatic carbocycles. The van der Waals surface area contributed by atoms with Crippen LogP contribution in [0.5, 0.6) is 0 Å². The van der Waals surface area contributed by atoms with E-state index in [0.717, 1.165) is 63.7 Å². The fourth-order valence-electron chi connectivity index (χ4n) is 4.07. The molecule has 5 nitrogen and oxygen atoms in total. The summed E-state index contributed by atoms with van der Waals surface area (Å²) in [6, 6.07) is 6.45. The van der Waals surface area contributed by atoms with Gasteiger partial charge in [-0.05, 0) is 61.3 Å². The molecule has 1 fully saturated rings. The highest BCUT2D eigenvalue weighted by Gasteiger charge is 2.23. The molecule has 2 N–H and O–H groups in total. The molecule has 6 heteroatoms. The zero-order valence-electron chi connectivity index (χ0n) is 16.9. The van der Waals surface area contributed by atoms with Crippen LogP contribution in [0.2, 0.25) is 0 Å². The highest BCUT2D eigenvalue weighted by molar-refractivity contribution is 7.18. The number of allylic oxidation sites excluding steroid dienone is 6. The summed E-state index contributed by atoms with van der Waals surface area (Å²) >= 11 is 1.67. The summed E-state index contributed by atoms with van der Waals surface area (Å²) in [5.41, 5.74) is 10.9. The van der Waals surface area contributed by atoms with Crippen molar-refractivity contribution in [2.75, 3.05) is 13.1 Å². The highest BCUT2D eigenvalue weighted by Crippen LogP contribution is 2.29. The number of likely N-dealkylation sites (tertiary alicyclic amines) is 1. The van der Waals surface area contributed by atoms with E-state index in [1.54, 1.807) is 22.3 Å². The first kappa shape index (κ1) is 19.0. The quantitative estimate of drug-likeness (QED) is 0.801. The minimum Gasteiger partial charge on any atom is -0.370 e. The Morgan fingerprint density at radius 3 is 2.77 bits per heavy atom. The van der Waals surface area contributed by atoms with E-state index in [-0.39, 0.29) is 11.9 Å². The molecule has 1 amide bonds. The molecule has 1 aromatic heterocycles. The first-order chi connectivity index (χ1) is 14.6. The average Bonchev–Trinajstić information content (AvgIpc) is 3.11. The Bertz CT molecular complexity index is 1160. The van der Waals surface area contributed by atoms with Crippen LogP contribution in [0.15, 0.2) is 72.2 Å². The van der Waals surface area contributed by atoms with Crippen LogP contribution < -0.4 is 5.73 Å². The van der Waals surface area contributed by atoms with Gasteiger partial charge >= 0.3 is 0 Å². The van der Waals surface area contributed by atoms with Crippen molar-refractivity contribution >= 4 is 33.0 Å². The molecule has 3 aliphatic rings. The Hall–Kier alpha value is -2.96. The number of benzene rings is 1. The van der Waals surface area contributed by atoms with E-state index in [9.17, 15) is 4.79 Å². The van der Waals surface area contributed by atoms with Crippen molar-refractivity contribution in [2.45, 2.75) is 25.8 Å². The Morgan fingerprint density at radius 1 is 1.13 bits per heavy atom. The van der Waals surface area contributed by atoms with Crippen molar-refractivity contribution < 1.29 is 4.79 Å². The summed E-state index contributed by atoms with van der Waals surface area (Å²) in [6.45, 7) is 3.86. The third kappa shape index (κ3) is 3.64. The fraction of sp³-hybridized carbons (Fsp3) is 0.250. The number of fused-ring (bicyclic) bond motifs is 2. The van der Waals surface area contributed by atoms with Gasteiger partial charge in [-0.2, -0.15) is 0 Å². The van der Waals surface area contributed by atoms with Gasteiger partial charge < -0.3 is 10.6 Å². The third-order valence-electron chi connectivity index (χ3n) is 5.76. The number of aryl methyl sites for hydroxylation is 1. The van der Waals surface area contributed by atoms with Gasteiger partial charge in [0, 0.05) is 37.1 Å². The lowest BCUT2D eigenvalue weighted by atomic mass is 10.0. The molecule has 0 atom stereocenters. The van der Waals surface area contributed by atoms with Crippen LogP contribution in [0.4, 0.5) is 0 Å². The van der Waals surface area contributed by atoms with Gasteiger partial charge in [-0.25, -0.2) is 4.98 Å². The van der Waals surface area contributed by atoms with E-state index in [1.165, 1.54) is 0 Å². The molecule has 0 unspecified atom stereocenters. The van der Waals surface area contributed by atoms with E-state index < -0.39 is 0 Å². The second-order valence-corrected chi connectivity index (χ2v) is 9.12. The van der Waals surface area contributed by atoms with Gasteiger partial charge in [-0.3, -0.25) is 9.69 Å². The van der Waals surface area contributed by atoms with Gasteiger partial charge in [0.1, 0.15) is 0 Å². The molecule has 0 bridgehead atoms. The van der Waals surface area contributed by atoms with Crippen LogP contribution in [-0.4, -0.2) is 39.8 Å². The van der Waals surface area contributed by atoms with Gasteiger partial charge in [0.15, 0.2) is 0 Å². The number of thiazole rings is 1. The van der Waals surface area contributed by atoms with Crippen LogP contribution in [0.3, 0.4) is 0 Å². The SMILES string of the molecule is Cc1nc2ccc(C3=CC(=O)N4C=C(N5CCC(N)CC5)C=C/C4=C\C=C3)cc2s1.